The number of nitrogens with one attached hydrogen (secondary N) is 1. The van der Waals surface area contributed by atoms with E-state index < -0.39 is 0 Å². The van der Waals surface area contributed by atoms with Gasteiger partial charge in [-0.3, -0.25) is 5.41 Å². The van der Waals surface area contributed by atoms with Crippen LogP contribution in [0.15, 0.2) is 42.5 Å². The van der Waals surface area contributed by atoms with E-state index in [9.17, 15) is 0 Å². The minimum Gasteiger partial charge on any atom is -0.384 e. The van der Waals surface area contributed by atoms with E-state index >= 15 is 0 Å². The number of hydrogen-bond acceptors (Lipinski definition) is 2. The maximum atomic E-state index is 7.76. The third kappa shape index (κ3) is 2.82. The Morgan fingerprint density at radius 1 is 1.05 bits per heavy atom. The van der Waals surface area contributed by atoms with Crippen LogP contribution in [0.3, 0.4) is 0 Å². The molecule has 0 aliphatic carbocycles. The molecule has 0 unspecified atom stereocenters. The van der Waals surface area contributed by atoms with Gasteiger partial charge in [0, 0.05) is 17.8 Å². The summed E-state index contributed by atoms with van der Waals surface area (Å²) in [4.78, 5) is 2.18. The normalized spacial score (nSPS) is 10.3. The zero-order valence-electron chi connectivity index (χ0n) is 12.3. The van der Waals surface area contributed by atoms with Gasteiger partial charge in [0.15, 0.2) is 0 Å². The molecule has 104 valence electrons. The molecule has 20 heavy (non-hydrogen) atoms. The summed E-state index contributed by atoms with van der Waals surface area (Å²) in [5.74, 6) is 0.102. The minimum atomic E-state index is 0.102. The lowest BCUT2D eigenvalue weighted by molar-refractivity contribution is 1.02. The van der Waals surface area contributed by atoms with Crippen LogP contribution in [0.1, 0.15) is 23.6 Å². The molecule has 2 aromatic carbocycles. The van der Waals surface area contributed by atoms with Crippen molar-refractivity contribution < 1.29 is 0 Å². The summed E-state index contributed by atoms with van der Waals surface area (Å²) < 4.78 is 0. The Balaban J connectivity index is 2.53. The Bertz CT molecular complexity index is 615. The van der Waals surface area contributed by atoms with Gasteiger partial charge < -0.3 is 10.6 Å². The molecule has 0 aliphatic heterocycles. The smallest absolute Gasteiger partial charge is 0.124 e. The third-order valence-electron chi connectivity index (χ3n) is 3.40. The largest absolute Gasteiger partial charge is 0.384 e. The first-order chi connectivity index (χ1) is 9.52. The number of hydrogen-bond donors (Lipinski definition) is 2. The summed E-state index contributed by atoms with van der Waals surface area (Å²) in [6, 6.07) is 14.4. The Labute approximate surface area is 120 Å². The average Bonchev–Trinajstić information content (AvgIpc) is 2.41. The van der Waals surface area contributed by atoms with Crippen molar-refractivity contribution in [2.45, 2.75) is 20.8 Å². The fraction of sp³-hybridized carbons (Fsp3) is 0.235. The van der Waals surface area contributed by atoms with Gasteiger partial charge in [0.2, 0.25) is 0 Å². The van der Waals surface area contributed by atoms with Gasteiger partial charge in [-0.1, -0.05) is 23.8 Å². The van der Waals surface area contributed by atoms with Crippen LogP contribution in [0.4, 0.5) is 11.4 Å². The topological polar surface area (TPSA) is 53.1 Å². The third-order valence-corrected chi connectivity index (χ3v) is 3.40. The Morgan fingerprint density at radius 3 is 2.20 bits per heavy atom. The maximum absolute atomic E-state index is 7.76. The predicted octanol–water partition coefficient (Wildman–Crippen LogP) is 3.75. The van der Waals surface area contributed by atoms with Gasteiger partial charge >= 0.3 is 0 Å². The second kappa shape index (κ2) is 5.78. The molecule has 0 aromatic heterocycles. The van der Waals surface area contributed by atoms with Crippen LogP contribution in [-0.2, 0) is 0 Å². The number of amidine groups is 1. The lowest BCUT2D eigenvalue weighted by Crippen LogP contribution is -2.22. The number of rotatable bonds is 4. The highest BCUT2D eigenvalue weighted by Gasteiger charge is 2.13. The molecule has 0 spiro atoms. The first-order valence-corrected chi connectivity index (χ1v) is 6.82. The van der Waals surface area contributed by atoms with Crippen LogP contribution in [0.5, 0.6) is 0 Å². The van der Waals surface area contributed by atoms with E-state index in [4.69, 9.17) is 11.1 Å². The highest BCUT2D eigenvalue weighted by molar-refractivity contribution is 6.01. The van der Waals surface area contributed by atoms with Crippen molar-refractivity contribution in [3.8, 4) is 0 Å². The molecule has 0 fully saturated rings. The van der Waals surface area contributed by atoms with Crippen molar-refractivity contribution in [1.29, 1.82) is 5.41 Å². The van der Waals surface area contributed by atoms with Crippen molar-refractivity contribution >= 4 is 17.2 Å². The van der Waals surface area contributed by atoms with Crippen molar-refractivity contribution in [3.63, 3.8) is 0 Å². The first kappa shape index (κ1) is 14.1. The van der Waals surface area contributed by atoms with Gasteiger partial charge in [-0.05, 0) is 50.6 Å². The summed E-state index contributed by atoms with van der Waals surface area (Å²) in [5, 5.41) is 7.76. The lowest BCUT2D eigenvalue weighted by Gasteiger charge is -2.26. The summed E-state index contributed by atoms with van der Waals surface area (Å²) in [6.45, 7) is 7.06. The first-order valence-electron chi connectivity index (χ1n) is 6.82. The van der Waals surface area contributed by atoms with Crippen LogP contribution < -0.4 is 10.6 Å². The molecule has 3 N–H and O–H groups in total. The van der Waals surface area contributed by atoms with Crippen molar-refractivity contribution in [2.75, 3.05) is 11.4 Å². The van der Waals surface area contributed by atoms with Crippen molar-refractivity contribution in [3.05, 3.63) is 59.2 Å². The quantitative estimate of drug-likeness (QED) is 0.655. The van der Waals surface area contributed by atoms with Crippen LogP contribution in [0.2, 0.25) is 0 Å². The molecule has 2 aromatic rings. The molecule has 0 radical (unpaired) electrons. The van der Waals surface area contributed by atoms with Crippen molar-refractivity contribution in [1.82, 2.24) is 0 Å². The van der Waals surface area contributed by atoms with Crippen molar-refractivity contribution in [2.24, 2.45) is 5.73 Å². The highest BCUT2D eigenvalue weighted by Crippen LogP contribution is 2.29. The van der Waals surface area contributed by atoms with E-state index in [-0.39, 0.29) is 5.84 Å². The van der Waals surface area contributed by atoms with Crippen LogP contribution >= 0.6 is 0 Å². The van der Waals surface area contributed by atoms with Crippen LogP contribution in [0, 0.1) is 19.3 Å². The molecule has 0 atom stereocenters. The number of nitrogen functional groups attached to an aromatic ring is 1. The fourth-order valence-corrected chi connectivity index (χ4v) is 2.31. The van der Waals surface area contributed by atoms with Gasteiger partial charge in [-0.2, -0.15) is 0 Å². The summed E-state index contributed by atoms with van der Waals surface area (Å²) in [5.41, 5.74) is 11.0. The molecule has 3 heteroatoms. The summed E-state index contributed by atoms with van der Waals surface area (Å²) >= 11 is 0. The number of nitrogens with two attached hydrogens (primary N) is 1. The average molecular weight is 267 g/mol. The highest BCUT2D eigenvalue weighted by atomic mass is 15.1. The molecule has 0 saturated carbocycles. The summed E-state index contributed by atoms with van der Waals surface area (Å²) in [6.07, 6.45) is 0. The van der Waals surface area contributed by atoms with E-state index in [0.717, 1.165) is 29.0 Å². The SMILES string of the molecule is CCN(c1ccc(C)cc1)c1cc(C)ccc1C(=N)N. The van der Waals surface area contributed by atoms with E-state index in [1.165, 1.54) is 5.56 Å². The number of anilines is 2. The minimum absolute atomic E-state index is 0.102. The van der Waals surface area contributed by atoms with Gasteiger partial charge in [-0.15, -0.1) is 0 Å². The second-order valence-electron chi connectivity index (χ2n) is 5.01. The number of aryl methyl sites for hydroxylation is 2. The van der Waals surface area contributed by atoms with Crippen LogP contribution in [-0.4, -0.2) is 12.4 Å². The predicted molar refractivity (Wildman–Crippen MR) is 86.1 cm³/mol. The zero-order valence-corrected chi connectivity index (χ0v) is 12.3. The lowest BCUT2D eigenvalue weighted by atomic mass is 10.1. The van der Waals surface area contributed by atoms with Gasteiger partial charge in [0.05, 0.1) is 5.69 Å². The summed E-state index contributed by atoms with van der Waals surface area (Å²) in [7, 11) is 0. The fourth-order valence-electron chi connectivity index (χ4n) is 2.31. The Hall–Kier alpha value is -2.29. The number of benzene rings is 2. The number of nitrogens with zero attached hydrogens (tertiary/aromatic N) is 1. The molecule has 2 rings (SSSR count). The molecular weight excluding hydrogens is 246 g/mol. The molecule has 0 amide bonds. The van der Waals surface area contributed by atoms with E-state index in [1.54, 1.807) is 0 Å². The van der Waals surface area contributed by atoms with Gasteiger partial charge in [0.1, 0.15) is 5.84 Å². The monoisotopic (exact) mass is 267 g/mol. The van der Waals surface area contributed by atoms with E-state index in [0.29, 0.717) is 0 Å². The Kier molecular flexibility index (Phi) is 4.08. The van der Waals surface area contributed by atoms with Gasteiger partial charge in [0.25, 0.3) is 0 Å². The zero-order chi connectivity index (χ0) is 14.7. The maximum Gasteiger partial charge on any atom is 0.124 e. The van der Waals surface area contributed by atoms with E-state index in [1.807, 2.05) is 12.1 Å². The molecule has 3 nitrogen and oxygen atoms in total. The van der Waals surface area contributed by atoms with Gasteiger partial charge in [-0.25, -0.2) is 0 Å². The molecule has 0 bridgehead atoms. The molecule has 0 aliphatic rings. The van der Waals surface area contributed by atoms with E-state index in [2.05, 4.69) is 56.0 Å². The Morgan fingerprint density at radius 2 is 1.65 bits per heavy atom. The second-order valence-corrected chi connectivity index (χ2v) is 5.01. The van der Waals surface area contributed by atoms with Crippen LogP contribution in [0.25, 0.3) is 0 Å². The molecule has 0 saturated heterocycles. The standard InChI is InChI=1S/C17H21N3/c1-4-20(14-8-5-12(2)6-9-14)16-11-13(3)7-10-15(16)17(18)19/h5-11H,4H2,1-3H3,(H3,18,19). The molecular formula is C17H21N3. The molecule has 0 heterocycles.